The summed E-state index contributed by atoms with van der Waals surface area (Å²) in [6.07, 6.45) is -4.80. The molecule has 0 saturated carbocycles. The first-order valence-corrected chi connectivity index (χ1v) is 7.35. The number of halogens is 3. The first-order valence-electron chi connectivity index (χ1n) is 4.67. The molecule has 0 spiro atoms. The summed E-state index contributed by atoms with van der Waals surface area (Å²) in [5, 5.41) is 0.955. The van der Waals surface area contributed by atoms with E-state index in [0.29, 0.717) is 10.5 Å². The van der Waals surface area contributed by atoms with Gasteiger partial charge in [-0.1, -0.05) is 30.3 Å². The molecule has 1 aromatic rings. The van der Waals surface area contributed by atoms with Crippen LogP contribution in [0, 0.1) is 0 Å². The van der Waals surface area contributed by atoms with E-state index in [-0.39, 0.29) is 6.04 Å². The molecule has 0 aliphatic heterocycles. The number of hydrogen-bond acceptors (Lipinski definition) is 1. The van der Waals surface area contributed by atoms with Crippen LogP contribution in [0.25, 0.3) is 0 Å². The molecule has 0 saturated heterocycles. The van der Waals surface area contributed by atoms with Crippen molar-refractivity contribution in [3.63, 3.8) is 0 Å². The summed E-state index contributed by atoms with van der Waals surface area (Å²) in [7, 11) is -1.33. The van der Waals surface area contributed by atoms with Crippen LogP contribution < -0.4 is 5.19 Å². The van der Waals surface area contributed by atoms with Crippen molar-refractivity contribution in [1.82, 2.24) is 0 Å². The third-order valence-corrected chi connectivity index (χ3v) is 6.36. The molecular formula is C9H13F3OSi2. The van der Waals surface area contributed by atoms with E-state index in [1.54, 1.807) is 0 Å². The lowest BCUT2D eigenvalue weighted by molar-refractivity contribution is -0.130. The van der Waals surface area contributed by atoms with Gasteiger partial charge in [-0.2, -0.15) is 13.2 Å². The highest BCUT2D eigenvalue weighted by atomic mass is 28.3. The van der Waals surface area contributed by atoms with Gasteiger partial charge >= 0.3 is 6.18 Å². The minimum Gasteiger partial charge on any atom is -0.462 e. The van der Waals surface area contributed by atoms with Crippen LogP contribution in [0.3, 0.4) is 0 Å². The average Bonchev–Trinajstić information content (AvgIpc) is 2.19. The largest absolute Gasteiger partial charge is 0.462 e. The molecule has 84 valence electrons. The van der Waals surface area contributed by atoms with Gasteiger partial charge in [-0.3, -0.25) is 0 Å². The van der Waals surface area contributed by atoms with Gasteiger partial charge in [0.1, 0.15) is 10.5 Å². The second-order valence-corrected chi connectivity index (χ2v) is 7.40. The highest BCUT2D eigenvalue weighted by Crippen LogP contribution is 2.22. The maximum absolute atomic E-state index is 12.0. The summed E-state index contributed by atoms with van der Waals surface area (Å²) in [4.78, 5) is 0. The van der Waals surface area contributed by atoms with Crippen LogP contribution in [0.1, 0.15) is 6.42 Å². The molecule has 1 aromatic carbocycles. The average molecular weight is 250 g/mol. The van der Waals surface area contributed by atoms with E-state index < -0.39 is 21.6 Å². The molecule has 1 nitrogen and oxygen atoms in total. The van der Waals surface area contributed by atoms with Crippen molar-refractivity contribution in [1.29, 1.82) is 0 Å². The molecule has 1 unspecified atom stereocenters. The fourth-order valence-electron chi connectivity index (χ4n) is 1.38. The topological polar surface area (TPSA) is 9.23 Å². The molecule has 1 atom stereocenters. The van der Waals surface area contributed by atoms with Gasteiger partial charge in [0.25, 0.3) is 0 Å². The second-order valence-electron chi connectivity index (χ2n) is 3.29. The molecule has 0 amide bonds. The standard InChI is InChI=1S/C9H13F3OSi2/c10-9(11,12)6-7-15(13-14)8-4-2-1-3-5-8/h1-5,15H,6-7H2,14H3. The Morgan fingerprint density at radius 1 is 1.20 bits per heavy atom. The first-order chi connectivity index (χ1) is 7.03. The maximum atomic E-state index is 12.0. The van der Waals surface area contributed by atoms with Gasteiger partial charge in [0.05, 0.1) is 0 Å². The summed E-state index contributed by atoms with van der Waals surface area (Å²) < 4.78 is 41.4. The lowest BCUT2D eigenvalue weighted by Gasteiger charge is -2.15. The van der Waals surface area contributed by atoms with Crippen LogP contribution in [0.15, 0.2) is 30.3 Å². The molecular weight excluding hydrogens is 237 g/mol. The Hall–Kier alpha value is -0.596. The van der Waals surface area contributed by atoms with Crippen molar-refractivity contribution in [2.45, 2.75) is 18.6 Å². The Morgan fingerprint density at radius 2 is 1.80 bits per heavy atom. The number of alkyl halides is 3. The van der Waals surface area contributed by atoms with Crippen LogP contribution in [-0.4, -0.2) is 25.7 Å². The summed E-state index contributed by atoms with van der Waals surface area (Å²) in [6.45, 7) is 0. The maximum Gasteiger partial charge on any atom is 0.388 e. The lowest BCUT2D eigenvalue weighted by Crippen LogP contribution is -2.33. The highest BCUT2D eigenvalue weighted by Gasteiger charge is 2.29. The fraction of sp³-hybridized carbons (Fsp3) is 0.333. The molecule has 0 aromatic heterocycles. The predicted octanol–water partition coefficient (Wildman–Crippen LogP) is 0.867. The van der Waals surface area contributed by atoms with Crippen molar-refractivity contribution >= 4 is 24.7 Å². The van der Waals surface area contributed by atoms with Crippen molar-refractivity contribution in [2.75, 3.05) is 0 Å². The third kappa shape index (κ3) is 4.63. The third-order valence-electron chi connectivity index (χ3n) is 2.15. The summed E-state index contributed by atoms with van der Waals surface area (Å²) in [5.74, 6) is 0. The molecule has 0 N–H and O–H groups in total. The summed E-state index contributed by atoms with van der Waals surface area (Å²) in [6, 6.07) is 9.37. The predicted molar refractivity (Wildman–Crippen MR) is 59.7 cm³/mol. The van der Waals surface area contributed by atoms with Crippen LogP contribution >= 0.6 is 0 Å². The molecule has 6 heteroatoms. The molecule has 1 rings (SSSR count). The van der Waals surface area contributed by atoms with E-state index in [0.717, 1.165) is 5.19 Å². The van der Waals surface area contributed by atoms with E-state index in [1.165, 1.54) is 0 Å². The van der Waals surface area contributed by atoms with Crippen LogP contribution in [0.2, 0.25) is 6.04 Å². The first kappa shape index (κ1) is 12.5. The van der Waals surface area contributed by atoms with E-state index in [1.807, 2.05) is 30.3 Å². The Bertz CT molecular complexity index is 289. The van der Waals surface area contributed by atoms with Crippen molar-refractivity contribution in [3.8, 4) is 0 Å². The number of hydrogen-bond donors (Lipinski definition) is 0. The van der Waals surface area contributed by atoms with Gasteiger partial charge in [0.2, 0.25) is 0 Å². The Morgan fingerprint density at radius 3 is 2.27 bits per heavy atom. The van der Waals surface area contributed by atoms with Crippen LogP contribution in [0.4, 0.5) is 13.2 Å². The quantitative estimate of drug-likeness (QED) is 0.721. The molecule has 0 bridgehead atoms. The normalized spacial score (nSPS) is 14.1. The second kappa shape index (κ2) is 5.48. The van der Waals surface area contributed by atoms with Crippen molar-refractivity contribution in [3.05, 3.63) is 30.3 Å². The van der Waals surface area contributed by atoms with E-state index in [2.05, 4.69) is 0 Å². The SMILES string of the molecule is FC(F)(F)CC[SiH](O[SiH3])c1ccccc1. The Labute approximate surface area is 91.5 Å². The molecule has 0 fully saturated rings. The van der Waals surface area contributed by atoms with Gasteiger partial charge in [-0.05, 0) is 11.2 Å². The summed E-state index contributed by atoms with van der Waals surface area (Å²) >= 11 is 0. The molecule has 0 aliphatic rings. The highest BCUT2D eigenvalue weighted by molar-refractivity contribution is 6.69. The van der Waals surface area contributed by atoms with Crippen molar-refractivity contribution in [2.24, 2.45) is 0 Å². The van der Waals surface area contributed by atoms with E-state index >= 15 is 0 Å². The molecule has 15 heavy (non-hydrogen) atoms. The minimum absolute atomic E-state index is 0.136. The van der Waals surface area contributed by atoms with E-state index in [9.17, 15) is 13.2 Å². The van der Waals surface area contributed by atoms with Gasteiger partial charge in [0.15, 0.2) is 9.04 Å². The Kier molecular flexibility index (Phi) is 4.55. The summed E-state index contributed by atoms with van der Waals surface area (Å²) in [5.41, 5.74) is 0. The smallest absolute Gasteiger partial charge is 0.388 e. The van der Waals surface area contributed by atoms with Gasteiger partial charge in [-0.25, -0.2) is 0 Å². The van der Waals surface area contributed by atoms with E-state index in [4.69, 9.17) is 4.12 Å². The van der Waals surface area contributed by atoms with Gasteiger partial charge in [-0.15, -0.1) is 0 Å². The Balaban J connectivity index is 2.58. The monoisotopic (exact) mass is 250 g/mol. The minimum atomic E-state index is -4.07. The van der Waals surface area contributed by atoms with Crippen LogP contribution in [-0.2, 0) is 4.12 Å². The zero-order valence-corrected chi connectivity index (χ0v) is 11.6. The number of rotatable bonds is 4. The molecule has 0 heterocycles. The molecule has 0 radical (unpaired) electrons. The molecule has 0 aliphatic carbocycles. The zero-order valence-electron chi connectivity index (χ0n) is 8.42. The number of benzene rings is 1. The van der Waals surface area contributed by atoms with Gasteiger partial charge < -0.3 is 4.12 Å². The lowest BCUT2D eigenvalue weighted by atomic mass is 10.4. The van der Waals surface area contributed by atoms with Crippen LogP contribution in [0.5, 0.6) is 0 Å². The zero-order chi connectivity index (χ0) is 11.3. The fourth-order valence-corrected chi connectivity index (χ4v) is 4.99. The van der Waals surface area contributed by atoms with Gasteiger partial charge in [0, 0.05) is 6.42 Å². The van der Waals surface area contributed by atoms with Crippen molar-refractivity contribution < 1.29 is 17.3 Å².